The minimum Gasteiger partial charge on any atom is -0.352 e. The minimum atomic E-state index is -0.861. The summed E-state index contributed by atoms with van der Waals surface area (Å²) in [6, 6.07) is 1.86. The zero-order valence-electron chi connectivity index (χ0n) is 11.5. The van der Waals surface area contributed by atoms with Gasteiger partial charge in [-0.1, -0.05) is 25.4 Å². The van der Waals surface area contributed by atoms with Crippen LogP contribution in [0, 0.1) is 26.1 Å². The summed E-state index contributed by atoms with van der Waals surface area (Å²) in [5.41, 5.74) is -1.50. The third kappa shape index (κ3) is 4.38. The summed E-state index contributed by atoms with van der Waals surface area (Å²) in [6.45, 7) is 4.33. The van der Waals surface area contributed by atoms with E-state index in [0.29, 0.717) is 12.5 Å². The molecule has 0 radical (unpaired) electrons. The Morgan fingerprint density at radius 3 is 2.10 bits per heavy atom. The third-order valence-corrected chi connectivity index (χ3v) is 3.08. The Bertz CT molecular complexity index is 553. The van der Waals surface area contributed by atoms with E-state index in [1.807, 2.05) is 13.8 Å². The fraction of sp³-hybridized carbons (Fsp3) is 0.417. The van der Waals surface area contributed by atoms with Gasteiger partial charge in [-0.05, 0) is 12.3 Å². The van der Waals surface area contributed by atoms with Crippen molar-refractivity contribution in [1.29, 1.82) is 0 Å². The van der Waals surface area contributed by atoms with Crippen molar-refractivity contribution in [2.75, 3.05) is 6.54 Å². The first-order valence-corrected chi connectivity index (χ1v) is 6.52. The average molecular weight is 316 g/mol. The number of hydrogen-bond acceptors (Lipinski definition) is 5. The summed E-state index contributed by atoms with van der Waals surface area (Å²) in [4.78, 5) is 31.8. The van der Waals surface area contributed by atoms with E-state index in [-0.39, 0.29) is 5.56 Å². The Labute approximate surface area is 125 Å². The van der Waals surface area contributed by atoms with Gasteiger partial charge in [0.05, 0.1) is 15.4 Å². The van der Waals surface area contributed by atoms with Crippen LogP contribution in [-0.4, -0.2) is 22.3 Å². The van der Waals surface area contributed by atoms with Crippen LogP contribution in [-0.2, 0) is 0 Å². The molecule has 1 aromatic carbocycles. The molecule has 0 aliphatic carbocycles. The van der Waals surface area contributed by atoms with Crippen molar-refractivity contribution < 1.29 is 14.6 Å². The molecule has 0 unspecified atom stereocenters. The van der Waals surface area contributed by atoms with Gasteiger partial charge < -0.3 is 5.32 Å². The van der Waals surface area contributed by atoms with E-state index in [2.05, 4.69) is 5.32 Å². The van der Waals surface area contributed by atoms with Crippen molar-refractivity contribution in [2.24, 2.45) is 5.92 Å². The fourth-order valence-electron chi connectivity index (χ4n) is 1.57. The molecule has 0 aliphatic rings. The number of halogens is 1. The molecule has 0 fully saturated rings. The molecule has 1 N–H and O–H groups in total. The maximum atomic E-state index is 11.9. The molecule has 1 amide bonds. The minimum absolute atomic E-state index is 0.165. The monoisotopic (exact) mass is 315 g/mol. The highest BCUT2D eigenvalue weighted by Crippen LogP contribution is 2.34. The van der Waals surface area contributed by atoms with Crippen LogP contribution in [0.15, 0.2) is 12.1 Å². The Balaban J connectivity index is 3.10. The smallest absolute Gasteiger partial charge is 0.295 e. The Kier molecular flexibility index (Phi) is 5.60. The molecule has 1 aromatic rings. The van der Waals surface area contributed by atoms with Crippen molar-refractivity contribution in [3.8, 4) is 0 Å². The van der Waals surface area contributed by atoms with Gasteiger partial charge in [-0.25, -0.2) is 0 Å². The number of hydrogen-bond donors (Lipinski definition) is 1. The molecule has 0 atom stereocenters. The second-order valence-corrected chi connectivity index (χ2v) is 5.16. The molecule has 0 bridgehead atoms. The maximum Gasteiger partial charge on any atom is 0.295 e. The first-order chi connectivity index (χ1) is 9.73. The summed E-state index contributed by atoms with van der Waals surface area (Å²) in [6.07, 6.45) is 0.726. The molecule has 0 heterocycles. The van der Waals surface area contributed by atoms with Crippen molar-refractivity contribution in [3.05, 3.63) is 42.9 Å². The lowest BCUT2D eigenvalue weighted by atomic mass is 10.1. The molecule has 0 spiro atoms. The molecule has 1 rings (SSSR count). The number of nitrogens with zero attached hydrogens (tertiary/aromatic N) is 2. The number of benzene rings is 1. The zero-order valence-corrected chi connectivity index (χ0v) is 12.2. The Morgan fingerprint density at radius 1 is 1.24 bits per heavy atom. The second-order valence-electron chi connectivity index (χ2n) is 4.78. The predicted molar refractivity (Wildman–Crippen MR) is 76.5 cm³/mol. The first-order valence-electron chi connectivity index (χ1n) is 6.14. The van der Waals surface area contributed by atoms with E-state index in [1.165, 1.54) is 0 Å². The van der Waals surface area contributed by atoms with E-state index in [1.54, 1.807) is 0 Å². The molecule has 0 saturated heterocycles. The van der Waals surface area contributed by atoms with Gasteiger partial charge in [0.2, 0.25) is 0 Å². The van der Waals surface area contributed by atoms with Crippen molar-refractivity contribution in [2.45, 2.75) is 20.3 Å². The summed E-state index contributed by atoms with van der Waals surface area (Å²) in [5.74, 6) is -0.238. The molecule has 0 aromatic heterocycles. The summed E-state index contributed by atoms with van der Waals surface area (Å²) in [7, 11) is 0. The largest absolute Gasteiger partial charge is 0.352 e. The van der Waals surface area contributed by atoms with Gasteiger partial charge in [0.25, 0.3) is 17.3 Å². The first kappa shape index (κ1) is 16.8. The van der Waals surface area contributed by atoms with Crippen LogP contribution in [0.2, 0.25) is 5.02 Å². The molecular formula is C12H14ClN3O5. The summed E-state index contributed by atoms with van der Waals surface area (Å²) < 4.78 is 0. The van der Waals surface area contributed by atoms with E-state index >= 15 is 0 Å². The van der Waals surface area contributed by atoms with Gasteiger partial charge in [0.15, 0.2) is 5.02 Å². The van der Waals surface area contributed by atoms with Crippen LogP contribution in [0.5, 0.6) is 0 Å². The number of rotatable bonds is 6. The van der Waals surface area contributed by atoms with Gasteiger partial charge in [-0.2, -0.15) is 0 Å². The molecule has 0 aliphatic heterocycles. The topological polar surface area (TPSA) is 115 Å². The standard InChI is InChI=1S/C12H14ClN3O5/c1-7(2)3-4-14-12(17)8-5-9(15(18)19)11(13)10(6-8)16(20)21/h5-7H,3-4H2,1-2H3,(H,14,17). The van der Waals surface area contributed by atoms with Crippen LogP contribution in [0.3, 0.4) is 0 Å². The van der Waals surface area contributed by atoms with Gasteiger partial charge in [0.1, 0.15) is 0 Å². The third-order valence-electron chi connectivity index (χ3n) is 2.70. The van der Waals surface area contributed by atoms with Crippen molar-refractivity contribution >= 4 is 28.9 Å². The van der Waals surface area contributed by atoms with Crippen LogP contribution in [0.1, 0.15) is 30.6 Å². The van der Waals surface area contributed by atoms with Crippen LogP contribution >= 0.6 is 11.6 Å². The second kappa shape index (κ2) is 6.98. The molecule has 114 valence electrons. The van der Waals surface area contributed by atoms with Gasteiger partial charge in [-0.15, -0.1) is 0 Å². The number of nitro groups is 2. The van der Waals surface area contributed by atoms with Crippen molar-refractivity contribution in [1.82, 2.24) is 5.32 Å². The van der Waals surface area contributed by atoms with E-state index in [4.69, 9.17) is 11.6 Å². The van der Waals surface area contributed by atoms with Crippen LogP contribution in [0.4, 0.5) is 11.4 Å². The number of amides is 1. The normalized spacial score (nSPS) is 10.5. The van der Waals surface area contributed by atoms with Gasteiger partial charge in [-0.3, -0.25) is 25.0 Å². The molecule has 0 saturated carbocycles. The maximum absolute atomic E-state index is 11.9. The molecule has 21 heavy (non-hydrogen) atoms. The van der Waals surface area contributed by atoms with Crippen molar-refractivity contribution in [3.63, 3.8) is 0 Å². The highest BCUT2D eigenvalue weighted by molar-refractivity contribution is 6.35. The molecular weight excluding hydrogens is 302 g/mol. The zero-order chi connectivity index (χ0) is 16.2. The lowest BCUT2D eigenvalue weighted by molar-refractivity contribution is -0.393. The lowest BCUT2D eigenvalue weighted by Gasteiger charge is -2.07. The van der Waals surface area contributed by atoms with Gasteiger partial charge >= 0.3 is 0 Å². The summed E-state index contributed by atoms with van der Waals surface area (Å²) >= 11 is 5.61. The van der Waals surface area contributed by atoms with E-state index in [0.717, 1.165) is 18.6 Å². The van der Waals surface area contributed by atoms with E-state index < -0.39 is 32.2 Å². The number of carbonyl (C=O) groups excluding carboxylic acids is 1. The Morgan fingerprint density at radius 2 is 1.71 bits per heavy atom. The van der Waals surface area contributed by atoms with Crippen LogP contribution < -0.4 is 5.32 Å². The summed E-state index contributed by atoms with van der Waals surface area (Å²) in [5, 5.41) is 23.6. The lowest BCUT2D eigenvalue weighted by Crippen LogP contribution is -2.25. The van der Waals surface area contributed by atoms with Gasteiger partial charge in [0, 0.05) is 18.7 Å². The van der Waals surface area contributed by atoms with Crippen LogP contribution in [0.25, 0.3) is 0 Å². The molecule has 9 heteroatoms. The fourth-order valence-corrected chi connectivity index (χ4v) is 1.81. The SMILES string of the molecule is CC(C)CCNC(=O)c1cc([N+](=O)[O-])c(Cl)c([N+](=O)[O-])c1. The highest BCUT2D eigenvalue weighted by Gasteiger charge is 2.27. The quantitative estimate of drug-likeness (QED) is 0.640. The highest BCUT2D eigenvalue weighted by atomic mass is 35.5. The molecule has 8 nitrogen and oxygen atoms in total. The van der Waals surface area contributed by atoms with E-state index in [9.17, 15) is 25.0 Å². The Hall–Kier alpha value is -2.22. The average Bonchev–Trinajstić information content (AvgIpc) is 2.37. The number of nitrogens with one attached hydrogen (secondary N) is 1. The number of nitro benzene ring substituents is 2. The number of carbonyl (C=O) groups is 1. The predicted octanol–water partition coefficient (Wildman–Crippen LogP) is 2.93.